The van der Waals surface area contributed by atoms with Crippen LogP contribution in [0.4, 0.5) is 0 Å². The summed E-state index contributed by atoms with van der Waals surface area (Å²) in [5.74, 6) is 0. The van der Waals surface area contributed by atoms with Gasteiger partial charge in [-0.15, -0.1) is 0 Å². The van der Waals surface area contributed by atoms with Gasteiger partial charge in [-0.2, -0.15) is 17.4 Å². The van der Waals surface area contributed by atoms with Gasteiger partial charge in [0.25, 0.3) is 10.2 Å². The van der Waals surface area contributed by atoms with Crippen LogP contribution in [0.5, 0.6) is 0 Å². The molecule has 7 heteroatoms. The van der Waals surface area contributed by atoms with Gasteiger partial charge in [0.2, 0.25) is 0 Å². The molecule has 0 unspecified atom stereocenters. The highest BCUT2D eigenvalue weighted by Crippen LogP contribution is 2.00. The predicted molar refractivity (Wildman–Crippen MR) is 80.4 cm³/mol. The Morgan fingerprint density at radius 2 is 2.15 bits per heavy atom. The molecule has 0 bridgehead atoms. The smallest absolute Gasteiger partial charge is 0.279 e. The van der Waals surface area contributed by atoms with Gasteiger partial charge in [-0.05, 0) is 24.6 Å². The summed E-state index contributed by atoms with van der Waals surface area (Å²) in [7, 11) is -1.85. The Balaban J connectivity index is 2.35. The maximum absolute atomic E-state index is 12.0. The molecule has 0 spiro atoms. The minimum absolute atomic E-state index is 0.255. The van der Waals surface area contributed by atoms with E-state index in [0.717, 1.165) is 18.5 Å². The second-order valence-corrected chi connectivity index (χ2v) is 6.83. The largest absolute Gasteiger partial charge is 0.314 e. The van der Waals surface area contributed by atoms with Gasteiger partial charge >= 0.3 is 0 Å². The van der Waals surface area contributed by atoms with Crippen molar-refractivity contribution in [3.63, 3.8) is 0 Å². The third-order valence-electron chi connectivity index (χ3n) is 2.79. The topological polar surface area (TPSA) is 74.3 Å². The molecule has 20 heavy (non-hydrogen) atoms. The van der Waals surface area contributed by atoms with Crippen LogP contribution in [0.1, 0.15) is 25.8 Å². The molecule has 0 aliphatic carbocycles. The molecule has 0 aromatic carbocycles. The van der Waals surface area contributed by atoms with Crippen LogP contribution >= 0.6 is 0 Å². The Labute approximate surface area is 121 Å². The fraction of sp³-hybridized carbons (Fsp3) is 0.615. The molecule has 0 amide bonds. The van der Waals surface area contributed by atoms with Gasteiger partial charge in [-0.3, -0.25) is 4.98 Å². The number of nitrogens with zero attached hydrogens (tertiary/aromatic N) is 2. The lowest BCUT2D eigenvalue weighted by Gasteiger charge is -2.18. The fourth-order valence-electron chi connectivity index (χ4n) is 1.60. The summed E-state index contributed by atoms with van der Waals surface area (Å²) in [5.41, 5.74) is 0.839. The highest BCUT2D eigenvalue weighted by Gasteiger charge is 2.16. The number of pyridine rings is 1. The Kier molecular flexibility index (Phi) is 7.08. The van der Waals surface area contributed by atoms with E-state index in [1.54, 1.807) is 25.5 Å². The zero-order valence-electron chi connectivity index (χ0n) is 12.3. The Bertz CT molecular complexity index is 476. The van der Waals surface area contributed by atoms with Gasteiger partial charge in [-0.1, -0.05) is 19.9 Å². The average molecular weight is 300 g/mol. The van der Waals surface area contributed by atoms with Crippen molar-refractivity contribution in [2.45, 2.75) is 32.9 Å². The monoisotopic (exact) mass is 300 g/mol. The van der Waals surface area contributed by atoms with Gasteiger partial charge in [0.05, 0.1) is 0 Å². The highest BCUT2D eigenvalue weighted by atomic mass is 32.2. The zero-order chi connectivity index (χ0) is 15.0. The van der Waals surface area contributed by atoms with E-state index in [2.05, 4.69) is 28.9 Å². The van der Waals surface area contributed by atoms with E-state index in [-0.39, 0.29) is 6.54 Å². The van der Waals surface area contributed by atoms with E-state index in [4.69, 9.17) is 0 Å². The van der Waals surface area contributed by atoms with Gasteiger partial charge in [-0.25, -0.2) is 0 Å². The van der Waals surface area contributed by atoms with Crippen molar-refractivity contribution in [3.8, 4) is 0 Å². The SMILES string of the molecule is CC(C)NCCCN(C)S(=O)(=O)NCc1cccnc1. The summed E-state index contributed by atoms with van der Waals surface area (Å²) in [6.45, 7) is 5.68. The number of rotatable bonds is 9. The first-order chi connectivity index (χ1) is 9.42. The van der Waals surface area contributed by atoms with Crippen molar-refractivity contribution in [1.29, 1.82) is 0 Å². The molecule has 1 rings (SSSR count). The molecule has 0 saturated heterocycles. The second kappa shape index (κ2) is 8.31. The molecule has 0 aliphatic heterocycles. The Morgan fingerprint density at radius 3 is 2.75 bits per heavy atom. The van der Waals surface area contributed by atoms with Crippen molar-refractivity contribution in [2.24, 2.45) is 0 Å². The van der Waals surface area contributed by atoms with Crippen LogP contribution in [0.25, 0.3) is 0 Å². The molecule has 1 aromatic heterocycles. The van der Waals surface area contributed by atoms with Gasteiger partial charge in [0, 0.05) is 38.6 Å². The number of aromatic nitrogens is 1. The lowest BCUT2D eigenvalue weighted by molar-refractivity contribution is 0.439. The molecule has 0 fully saturated rings. The first kappa shape index (κ1) is 17.0. The molecule has 0 aliphatic rings. The van der Waals surface area contributed by atoms with Crippen LogP contribution in [0.2, 0.25) is 0 Å². The molecule has 0 atom stereocenters. The first-order valence-electron chi connectivity index (χ1n) is 6.75. The lowest BCUT2D eigenvalue weighted by Crippen LogP contribution is -2.39. The lowest BCUT2D eigenvalue weighted by atomic mass is 10.3. The van der Waals surface area contributed by atoms with Crippen LogP contribution in [-0.2, 0) is 16.8 Å². The number of nitrogens with one attached hydrogen (secondary N) is 2. The summed E-state index contributed by atoms with van der Waals surface area (Å²) >= 11 is 0. The van der Waals surface area contributed by atoms with Crippen LogP contribution in [0.3, 0.4) is 0 Å². The molecule has 2 N–H and O–H groups in total. The van der Waals surface area contributed by atoms with E-state index in [1.807, 2.05) is 6.07 Å². The van der Waals surface area contributed by atoms with Gasteiger partial charge in [0.15, 0.2) is 0 Å². The third-order valence-corrected chi connectivity index (χ3v) is 4.31. The van der Waals surface area contributed by atoms with E-state index < -0.39 is 10.2 Å². The van der Waals surface area contributed by atoms with E-state index in [9.17, 15) is 8.42 Å². The molecular formula is C13H24N4O2S. The van der Waals surface area contributed by atoms with Crippen LogP contribution < -0.4 is 10.0 Å². The predicted octanol–water partition coefficient (Wildman–Crippen LogP) is 0.736. The zero-order valence-corrected chi connectivity index (χ0v) is 13.2. The quantitative estimate of drug-likeness (QED) is 0.660. The van der Waals surface area contributed by atoms with Crippen LogP contribution in [-0.4, -0.2) is 43.9 Å². The van der Waals surface area contributed by atoms with Crippen molar-refractivity contribution in [3.05, 3.63) is 30.1 Å². The summed E-state index contributed by atoms with van der Waals surface area (Å²) in [5, 5.41) is 3.26. The van der Waals surface area contributed by atoms with Crippen molar-refractivity contribution in [2.75, 3.05) is 20.1 Å². The maximum atomic E-state index is 12.0. The van der Waals surface area contributed by atoms with E-state index >= 15 is 0 Å². The Morgan fingerprint density at radius 1 is 1.40 bits per heavy atom. The first-order valence-corrected chi connectivity index (χ1v) is 8.19. The molecular weight excluding hydrogens is 276 g/mol. The second-order valence-electron chi connectivity index (χ2n) is 4.97. The summed E-state index contributed by atoms with van der Waals surface area (Å²) < 4.78 is 27.9. The molecule has 0 radical (unpaired) electrons. The van der Waals surface area contributed by atoms with Crippen molar-refractivity contribution in [1.82, 2.24) is 19.3 Å². The minimum Gasteiger partial charge on any atom is -0.314 e. The van der Waals surface area contributed by atoms with Gasteiger partial charge < -0.3 is 5.32 Å². The molecule has 114 valence electrons. The summed E-state index contributed by atoms with van der Waals surface area (Å²) in [6, 6.07) is 4.04. The van der Waals surface area contributed by atoms with Crippen LogP contribution in [0.15, 0.2) is 24.5 Å². The fourth-order valence-corrected chi connectivity index (χ4v) is 2.54. The minimum atomic E-state index is -3.43. The van der Waals surface area contributed by atoms with Crippen molar-refractivity contribution >= 4 is 10.2 Å². The molecule has 0 saturated carbocycles. The summed E-state index contributed by atoms with van der Waals surface area (Å²) in [4.78, 5) is 3.95. The standard InChI is InChI=1S/C13H24N4O2S/c1-12(2)15-8-5-9-17(3)20(18,19)16-11-13-6-4-7-14-10-13/h4,6-7,10,12,15-16H,5,8-9,11H2,1-3H3. The maximum Gasteiger partial charge on any atom is 0.279 e. The normalized spacial score (nSPS) is 12.2. The van der Waals surface area contributed by atoms with Crippen molar-refractivity contribution < 1.29 is 8.42 Å². The van der Waals surface area contributed by atoms with E-state index in [0.29, 0.717) is 12.6 Å². The number of hydrogen-bond acceptors (Lipinski definition) is 4. The van der Waals surface area contributed by atoms with Crippen LogP contribution in [0, 0.1) is 0 Å². The van der Waals surface area contributed by atoms with E-state index in [1.165, 1.54) is 4.31 Å². The average Bonchev–Trinajstić information content (AvgIpc) is 2.42. The molecule has 1 aromatic rings. The number of hydrogen-bond donors (Lipinski definition) is 2. The Hall–Kier alpha value is -1.02. The summed E-state index contributed by atoms with van der Waals surface area (Å²) in [6.07, 6.45) is 4.09. The molecule has 6 nitrogen and oxygen atoms in total. The third kappa shape index (κ3) is 6.42. The van der Waals surface area contributed by atoms with Gasteiger partial charge in [0.1, 0.15) is 0 Å². The highest BCUT2D eigenvalue weighted by molar-refractivity contribution is 7.87. The molecule has 1 heterocycles.